The number of aromatic nitrogens is 1. The van der Waals surface area contributed by atoms with E-state index in [0.717, 1.165) is 83.0 Å². The molecule has 0 aliphatic carbocycles. The Balaban J connectivity index is 1.19. The first-order valence-corrected chi connectivity index (χ1v) is 18.0. The number of carbonyl (C=O) groups excluding carboxylic acids is 2. The molecule has 0 atom stereocenters. The fraction of sp³-hybridized carbons (Fsp3) is 0.405. The number of rotatable bonds is 11. The summed E-state index contributed by atoms with van der Waals surface area (Å²) in [6.45, 7) is 11.4. The molecule has 0 unspecified atom stereocenters. The zero-order valence-corrected chi connectivity index (χ0v) is 30.1. The van der Waals surface area contributed by atoms with Gasteiger partial charge in [-0.1, -0.05) is 54.6 Å². The minimum Gasteiger partial charge on any atom is -0.493 e. The normalized spacial score (nSPS) is 15.3. The third-order valence-corrected chi connectivity index (χ3v) is 10.1. The van der Waals surface area contributed by atoms with Gasteiger partial charge in [0.25, 0.3) is 0 Å². The number of anilines is 1. The minimum atomic E-state index is -0.273. The van der Waals surface area contributed by atoms with Crippen molar-refractivity contribution >= 4 is 17.7 Å². The Bertz CT molecular complexity index is 1800. The van der Waals surface area contributed by atoms with Crippen molar-refractivity contribution < 1.29 is 28.2 Å². The molecule has 0 N–H and O–H groups in total. The van der Waals surface area contributed by atoms with Gasteiger partial charge in [0.15, 0.2) is 0 Å². The maximum absolute atomic E-state index is 13.3. The molecule has 3 heterocycles. The molecule has 0 saturated carbocycles. The van der Waals surface area contributed by atoms with E-state index in [1.54, 1.807) is 12.1 Å². The number of piperidine rings is 1. The molecule has 2 saturated heterocycles. The van der Waals surface area contributed by atoms with Crippen LogP contribution >= 0.6 is 0 Å². The second-order valence-electron chi connectivity index (χ2n) is 14.1. The van der Waals surface area contributed by atoms with E-state index >= 15 is 0 Å². The third kappa shape index (κ3) is 8.88. The Labute approximate surface area is 300 Å². The van der Waals surface area contributed by atoms with Crippen LogP contribution in [0.15, 0.2) is 78.9 Å². The van der Waals surface area contributed by atoms with E-state index in [9.17, 15) is 14.0 Å². The van der Waals surface area contributed by atoms with Gasteiger partial charge in [0, 0.05) is 55.1 Å². The SMILES string of the molecule is Cc1nc(C)c(-c2ccc(OCCc3ccc(F)cc3)cc2)c(N2CCC3(CCN(C(=O)OCc4ccccc4)C3)CC2)c1CC(=O)OC(C)C. The second kappa shape index (κ2) is 16.0. The maximum atomic E-state index is 13.3. The monoisotopic (exact) mass is 693 g/mol. The second-order valence-corrected chi connectivity index (χ2v) is 14.1. The average molecular weight is 694 g/mol. The van der Waals surface area contributed by atoms with E-state index in [-0.39, 0.29) is 42.4 Å². The molecule has 0 radical (unpaired) electrons. The van der Waals surface area contributed by atoms with Crippen molar-refractivity contribution in [3.8, 4) is 16.9 Å². The Hall–Kier alpha value is -4.92. The Kier molecular flexibility index (Phi) is 11.2. The van der Waals surface area contributed by atoms with Crippen molar-refractivity contribution in [1.29, 1.82) is 0 Å². The van der Waals surface area contributed by atoms with Crippen LogP contribution in [0.3, 0.4) is 0 Å². The van der Waals surface area contributed by atoms with Gasteiger partial charge in [0.05, 0.1) is 24.8 Å². The van der Waals surface area contributed by atoms with Gasteiger partial charge in [-0.2, -0.15) is 0 Å². The standard InChI is InChI=1S/C42H48FN3O5/c1-29(2)51-38(47)26-37-30(3)44-31(4)39(34-12-16-36(17-13-34)49-25-18-32-10-14-35(43)15-11-32)40(37)45-22-19-42(20-23-45)21-24-46(28-42)41(48)50-27-33-8-6-5-7-9-33/h5-17,29H,18-28H2,1-4H3. The summed E-state index contributed by atoms with van der Waals surface area (Å²) in [5.74, 6) is 0.222. The molecule has 1 aromatic heterocycles. The number of ether oxygens (including phenoxy) is 3. The summed E-state index contributed by atoms with van der Waals surface area (Å²) in [4.78, 5) is 35.3. The molecular formula is C42H48FN3O5. The largest absolute Gasteiger partial charge is 0.493 e. The van der Waals surface area contributed by atoms with Gasteiger partial charge >= 0.3 is 12.1 Å². The molecule has 6 rings (SSSR count). The number of halogens is 1. The Morgan fingerprint density at radius 3 is 2.24 bits per heavy atom. The van der Waals surface area contributed by atoms with Gasteiger partial charge in [-0.05, 0) is 93.3 Å². The number of nitrogens with zero attached hydrogens (tertiary/aromatic N) is 3. The summed E-state index contributed by atoms with van der Waals surface area (Å²) in [7, 11) is 0. The number of pyridine rings is 1. The van der Waals surface area contributed by atoms with Crippen LogP contribution < -0.4 is 9.64 Å². The first kappa shape index (κ1) is 35.9. The van der Waals surface area contributed by atoms with Gasteiger partial charge in [-0.25, -0.2) is 9.18 Å². The molecule has 1 spiro atoms. The number of benzene rings is 3. The lowest BCUT2D eigenvalue weighted by Gasteiger charge is -2.42. The van der Waals surface area contributed by atoms with Crippen molar-refractivity contribution in [3.63, 3.8) is 0 Å². The molecule has 4 aromatic rings. The predicted molar refractivity (Wildman–Crippen MR) is 196 cm³/mol. The summed E-state index contributed by atoms with van der Waals surface area (Å²) in [5.41, 5.74) is 7.63. The van der Waals surface area contributed by atoms with E-state index in [1.165, 1.54) is 12.1 Å². The highest BCUT2D eigenvalue weighted by Crippen LogP contribution is 2.45. The number of hydrogen-bond acceptors (Lipinski definition) is 7. The van der Waals surface area contributed by atoms with Crippen molar-refractivity contribution in [3.05, 3.63) is 113 Å². The highest BCUT2D eigenvalue weighted by Gasteiger charge is 2.43. The zero-order chi connectivity index (χ0) is 36.0. The summed E-state index contributed by atoms with van der Waals surface area (Å²) in [5, 5.41) is 0. The van der Waals surface area contributed by atoms with Crippen molar-refractivity contribution in [1.82, 2.24) is 9.88 Å². The van der Waals surface area contributed by atoms with Crippen LogP contribution in [-0.2, 0) is 33.7 Å². The van der Waals surface area contributed by atoms with Gasteiger partial charge in [0.2, 0.25) is 0 Å². The van der Waals surface area contributed by atoms with E-state index in [1.807, 2.05) is 87.2 Å². The molecule has 268 valence electrons. The van der Waals surface area contributed by atoms with Gasteiger partial charge in [0.1, 0.15) is 18.2 Å². The van der Waals surface area contributed by atoms with Crippen LogP contribution in [0.4, 0.5) is 14.9 Å². The number of likely N-dealkylation sites (tertiary alicyclic amines) is 1. The van der Waals surface area contributed by atoms with Gasteiger partial charge in [-0.15, -0.1) is 0 Å². The maximum Gasteiger partial charge on any atom is 0.410 e. The molecule has 3 aromatic carbocycles. The number of aryl methyl sites for hydroxylation is 2. The van der Waals surface area contributed by atoms with E-state index < -0.39 is 0 Å². The molecule has 8 nitrogen and oxygen atoms in total. The summed E-state index contributed by atoms with van der Waals surface area (Å²) in [6, 6.07) is 24.3. The fourth-order valence-corrected chi connectivity index (χ4v) is 7.39. The molecule has 2 aliphatic heterocycles. The van der Waals surface area contributed by atoms with Crippen LogP contribution in [0.2, 0.25) is 0 Å². The van der Waals surface area contributed by atoms with E-state index in [2.05, 4.69) is 4.90 Å². The molecule has 9 heteroatoms. The number of hydrogen-bond donors (Lipinski definition) is 0. The zero-order valence-electron chi connectivity index (χ0n) is 30.1. The first-order valence-electron chi connectivity index (χ1n) is 18.0. The molecule has 1 amide bonds. The highest BCUT2D eigenvalue weighted by molar-refractivity contribution is 5.87. The lowest BCUT2D eigenvalue weighted by molar-refractivity contribution is -0.146. The van der Waals surface area contributed by atoms with E-state index in [0.29, 0.717) is 26.1 Å². The Morgan fingerprint density at radius 1 is 0.863 bits per heavy atom. The van der Waals surface area contributed by atoms with E-state index in [4.69, 9.17) is 19.2 Å². The molecule has 2 fully saturated rings. The van der Waals surface area contributed by atoms with Crippen LogP contribution in [0.5, 0.6) is 5.75 Å². The van der Waals surface area contributed by atoms with Crippen molar-refractivity contribution in [2.24, 2.45) is 5.41 Å². The summed E-state index contributed by atoms with van der Waals surface area (Å²) >= 11 is 0. The lowest BCUT2D eigenvalue weighted by atomic mass is 9.77. The van der Waals surface area contributed by atoms with Crippen LogP contribution in [0.25, 0.3) is 11.1 Å². The van der Waals surface area contributed by atoms with Crippen molar-refractivity contribution in [2.45, 2.75) is 72.5 Å². The molecule has 0 bridgehead atoms. The van der Waals surface area contributed by atoms with Gasteiger partial charge < -0.3 is 24.0 Å². The molecular weight excluding hydrogens is 645 g/mol. The molecule has 2 aliphatic rings. The summed E-state index contributed by atoms with van der Waals surface area (Å²) in [6.07, 6.45) is 3.12. The number of carbonyl (C=O) groups is 2. The Morgan fingerprint density at radius 2 is 1.55 bits per heavy atom. The quantitative estimate of drug-likeness (QED) is 0.146. The third-order valence-electron chi connectivity index (χ3n) is 10.1. The average Bonchev–Trinajstić information content (AvgIpc) is 3.53. The van der Waals surface area contributed by atoms with Crippen LogP contribution in [-0.4, -0.2) is 60.8 Å². The topological polar surface area (TPSA) is 81.2 Å². The van der Waals surface area contributed by atoms with Gasteiger partial charge in [-0.3, -0.25) is 9.78 Å². The predicted octanol–water partition coefficient (Wildman–Crippen LogP) is 8.25. The first-order chi connectivity index (χ1) is 24.6. The summed E-state index contributed by atoms with van der Waals surface area (Å²) < 4.78 is 30.6. The number of amides is 1. The smallest absolute Gasteiger partial charge is 0.410 e. The van der Waals surface area contributed by atoms with Crippen LogP contribution in [0.1, 0.15) is 61.2 Å². The van der Waals surface area contributed by atoms with Crippen LogP contribution in [0, 0.1) is 25.1 Å². The molecule has 51 heavy (non-hydrogen) atoms. The highest BCUT2D eigenvalue weighted by atomic mass is 19.1. The van der Waals surface area contributed by atoms with Crippen molar-refractivity contribution in [2.75, 3.05) is 37.7 Å². The number of esters is 1. The fourth-order valence-electron chi connectivity index (χ4n) is 7.39. The lowest BCUT2D eigenvalue weighted by Crippen LogP contribution is -2.43. The minimum absolute atomic E-state index is 0.0309.